The van der Waals surface area contributed by atoms with Gasteiger partial charge in [-0.3, -0.25) is 4.39 Å². The summed E-state index contributed by atoms with van der Waals surface area (Å²) >= 11 is 0. The van der Waals surface area contributed by atoms with Crippen LogP contribution in [0, 0.1) is 29.1 Å². The van der Waals surface area contributed by atoms with Gasteiger partial charge >= 0.3 is 0 Å². The lowest BCUT2D eigenvalue weighted by Gasteiger charge is -2.51. The summed E-state index contributed by atoms with van der Waals surface area (Å²) in [6, 6.07) is 14.3. The van der Waals surface area contributed by atoms with Gasteiger partial charge in [-0.2, -0.15) is 0 Å². The van der Waals surface area contributed by atoms with Crippen molar-refractivity contribution in [1.29, 1.82) is 0 Å². The zero-order chi connectivity index (χ0) is 21.1. The van der Waals surface area contributed by atoms with Crippen LogP contribution in [0.4, 0.5) is 4.39 Å². The van der Waals surface area contributed by atoms with Gasteiger partial charge in [-0.15, -0.1) is 0 Å². The highest BCUT2D eigenvalue weighted by Gasteiger charge is 2.54. The van der Waals surface area contributed by atoms with E-state index in [1.807, 2.05) is 18.2 Å². The summed E-state index contributed by atoms with van der Waals surface area (Å²) in [6.45, 7) is 3.60. The molecule has 4 heterocycles. The van der Waals surface area contributed by atoms with Crippen LogP contribution in [0.5, 0.6) is 5.88 Å². The fourth-order valence-electron chi connectivity index (χ4n) is 5.42. The Balaban J connectivity index is 1.45. The minimum absolute atomic E-state index is 0.164. The molecule has 3 aliphatic heterocycles. The molecule has 1 aromatic heterocycles. The Morgan fingerprint density at radius 3 is 2.48 bits per heavy atom. The van der Waals surface area contributed by atoms with Gasteiger partial charge in [0.15, 0.2) is 0 Å². The molecular formula is C27H31FN2O. The van der Waals surface area contributed by atoms with Gasteiger partial charge in [-0.25, -0.2) is 4.98 Å². The number of rotatable bonds is 7. The predicted octanol–water partition coefficient (Wildman–Crippen LogP) is 4.88. The summed E-state index contributed by atoms with van der Waals surface area (Å²) < 4.78 is 18.1. The number of nitrogens with zero attached hydrogens (tertiary/aromatic N) is 2. The van der Waals surface area contributed by atoms with Crippen LogP contribution < -0.4 is 4.74 Å². The molecule has 1 saturated carbocycles. The number of benzene rings is 1. The Kier molecular flexibility index (Phi) is 5.96. The molecule has 0 radical (unpaired) electrons. The quantitative estimate of drug-likeness (QED) is 0.473. The van der Waals surface area contributed by atoms with Gasteiger partial charge in [-0.05, 0) is 62.2 Å². The second-order valence-corrected chi connectivity index (χ2v) is 9.31. The van der Waals surface area contributed by atoms with Crippen molar-refractivity contribution in [3.05, 3.63) is 59.3 Å². The van der Waals surface area contributed by atoms with Crippen molar-refractivity contribution in [2.24, 2.45) is 17.3 Å². The molecule has 3 nitrogen and oxygen atoms in total. The summed E-state index contributed by atoms with van der Waals surface area (Å²) in [6.07, 6.45) is 6.35. The van der Waals surface area contributed by atoms with Crippen LogP contribution in [0.2, 0.25) is 0 Å². The number of hydrogen-bond acceptors (Lipinski definition) is 3. The summed E-state index contributed by atoms with van der Waals surface area (Å²) in [7, 11) is 0. The number of pyridine rings is 1. The number of alkyl halides is 1. The maximum Gasteiger partial charge on any atom is 0.213 e. The van der Waals surface area contributed by atoms with E-state index < -0.39 is 0 Å². The molecule has 4 heteroatoms. The molecule has 6 rings (SSSR count). The van der Waals surface area contributed by atoms with Crippen LogP contribution in [0.1, 0.15) is 48.9 Å². The van der Waals surface area contributed by atoms with E-state index in [4.69, 9.17) is 9.72 Å². The van der Waals surface area contributed by atoms with E-state index in [9.17, 15) is 4.39 Å². The van der Waals surface area contributed by atoms with Crippen LogP contribution in [0.15, 0.2) is 42.5 Å². The van der Waals surface area contributed by atoms with Gasteiger partial charge in [0.1, 0.15) is 0 Å². The van der Waals surface area contributed by atoms with Crippen molar-refractivity contribution in [1.82, 2.24) is 9.88 Å². The van der Waals surface area contributed by atoms with Gasteiger partial charge in [-0.1, -0.05) is 42.2 Å². The van der Waals surface area contributed by atoms with Crippen LogP contribution in [-0.4, -0.2) is 42.8 Å². The Morgan fingerprint density at radius 2 is 1.81 bits per heavy atom. The van der Waals surface area contributed by atoms with Crippen molar-refractivity contribution >= 4 is 0 Å². The molecule has 2 bridgehead atoms. The molecule has 4 fully saturated rings. The van der Waals surface area contributed by atoms with Crippen LogP contribution in [-0.2, 0) is 6.42 Å². The zero-order valence-electron chi connectivity index (χ0n) is 18.2. The first-order valence-electron chi connectivity index (χ1n) is 11.7. The normalized spacial score (nSPS) is 26.9. The number of halogens is 1. The highest BCUT2D eigenvalue weighted by atomic mass is 19.1. The first kappa shape index (κ1) is 20.5. The molecule has 0 N–H and O–H groups in total. The minimum Gasteiger partial charge on any atom is -0.478 e. The van der Waals surface area contributed by atoms with Gasteiger partial charge in [0.25, 0.3) is 0 Å². The molecule has 0 spiro atoms. The molecule has 4 aliphatic rings. The van der Waals surface area contributed by atoms with Crippen LogP contribution in [0.25, 0.3) is 0 Å². The Bertz CT molecular complexity index is 954. The lowest BCUT2D eigenvalue weighted by molar-refractivity contribution is -0.00453. The minimum atomic E-state index is -0.373. The van der Waals surface area contributed by atoms with Gasteiger partial charge < -0.3 is 9.64 Å². The summed E-state index contributed by atoms with van der Waals surface area (Å²) in [4.78, 5) is 7.40. The summed E-state index contributed by atoms with van der Waals surface area (Å²) in [5, 5.41) is 0. The van der Waals surface area contributed by atoms with E-state index in [0.717, 1.165) is 36.1 Å². The van der Waals surface area contributed by atoms with E-state index in [1.54, 1.807) is 0 Å². The van der Waals surface area contributed by atoms with Gasteiger partial charge in [0.05, 0.1) is 24.4 Å². The zero-order valence-corrected chi connectivity index (χ0v) is 18.2. The number of hydrogen-bond donors (Lipinski definition) is 0. The number of aromatic nitrogens is 1. The van der Waals surface area contributed by atoms with Gasteiger partial charge in [0, 0.05) is 31.0 Å². The smallest absolute Gasteiger partial charge is 0.213 e. The highest BCUT2D eigenvalue weighted by Crippen LogP contribution is 2.55. The Labute approximate surface area is 185 Å². The second kappa shape index (κ2) is 9.01. The third-order valence-corrected chi connectivity index (χ3v) is 7.23. The van der Waals surface area contributed by atoms with E-state index in [2.05, 4.69) is 41.0 Å². The largest absolute Gasteiger partial charge is 0.478 e. The molecule has 2 aromatic rings. The molecule has 0 amide bonds. The first-order valence-corrected chi connectivity index (χ1v) is 11.7. The van der Waals surface area contributed by atoms with Crippen LogP contribution >= 0.6 is 0 Å². The third-order valence-electron chi connectivity index (χ3n) is 7.23. The lowest BCUT2D eigenvalue weighted by atomic mass is 9.64. The van der Waals surface area contributed by atoms with Crippen LogP contribution in [0.3, 0.4) is 0 Å². The van der Waals surface area contributed by atoms with Crippen molar-refractivity contribution in [3.63, 3.8) is 0 Å². The van der Waals surface area contributed by atoms with Crippen molar-refractivity contribution in [2.75, 3.05) is 32.9 Å². The molecule has 1 aromatic carbocycles. The average Bonchev–Trinajstić information content (AvgIpc) is 3.66. The number of fused-ring (bicyclic) bond motifs is 3. The van der Waals surface area contributed by atoms with E-state index >= 15 is 0 Å². The summed E-state index contributed by atoms with van der Waals surface area (Å²) in [5.41, 5.74) is 3.32. The lowest BCUT2D eigenvalue weighted by Crippen LogP contribution is -2.55. The number of ether oxygens (including phenoxy) is 1. The standard InChI is InChI=1S/C27H31FN2O/c28-15-4-18-31-26-10-7-22(25(29-26)19-21-5-2-1-3-6-21)11-14-27(23-8-9-23)20-30-16-12-24(27)13-17-30/h1-3,5-7,10,23-24H,4,8-9,12-13,15-20H2. The molecule has 1 atom stereocenters. The number of piperidine rings is 3. The average molecular weight is 419 g/mol. The molecule has 1 aliphatic carbocycles. The van der Waals surface area contributed by atoms with E-state index in [1.165, 1.54) is 44.3 Å². The van der Waals surface area contributed by atoms with Crippen molar-refractivity contribution < 1.29 is 9.13 Å². The van der Waals surface area contributed by atoms with E-state index in [0.29, 0.717) is 18.9 Å². The topological polar surface area (TPSA) is 25.4 Å². The monoisotopic (exact) mass is 418 g/mol. The molecular weight excluding hydrogens is 387 g/mol. The van der Waals surface area contributed by atoms with E-state index in [-0.39, 0.29) is 12.1 Å². The first-order chi connectivity index (χ1) is 15.3. The predicted molar refractivity (Wildman–Crippen MR) is 121 cm³/mol. The van der Waals surface area contributed by atoms with Gasteiger partial charge in [0.2, 0.25) is 5.88 Å². The molecule has 1 unspecified atom stereocenters. The fourth-order valence-corrected chi connectivity index (χ4v) is 5.42. The SMILES string of the molecule is FCCCOc1ccc(C#CC2(C3CC3)CN3CCC2CC3)c(Cc2ccccc2)n1. The summed E-state index contributed by atoms with van der Waals surface area (Å²) in [5.74, 6) is 9.48. The third kappa shape index (κ3) is 4.48. The van der Waals surface area contributed by atoms with Crippen molar-refractivity contribution in [2.45, 2.75) is 38.5 Å². The fraction of sp³-hybridized carbons (Fsp3) is 0.519. The maximum atomic E-state index is 12.5. The maximum absolute atomic E-state index is 12.5. The second-order valence-electron chi connectivity index (χ2n) is 9.31. The molecule has 31 heavy (non-hydrogen) atoms. The Hall–Kier alpha value is -2.38. The molecule has 162 valence electrons. The highest BCUT2D eigenvalue weighted by molar-refractivity contribution is 5.44. The Morgan fingerprint density at radius 1 is 1.03 bits per heavy atom. The molecule has 3 saturated heterocycles. The van der Waals surface area contributed by atoms with Crippen molar-refractivity contribution in [3.8, 4) is 17.7 Å².